The highest BCUT2D eigenvalue weighted by atomic mass is 16.5. The number of ether oxygens (including phenoxy) is 1. The standard InChI is InChI=1S/C14H22N4O/c1-4-19-13-5-12(16-9-17-13)18-8-10-6-15-7-11(10)14(18,2)3/h5,9-11,15H,4,6-8H2,1-3H3. The van der Waals surface area contributed by atoms with Gasteiger partial charge in [-0.3, -0.25) is 0 Å². The summed E-state index contributed by atoms with van der Waals surface area (Å²) in [6, 6.07) is 1.96. The summed E-state index contributed by atoms with van der Waals surface area (Å²) in [5.41, 5.74) is 0.131. The van der Waals surface area contributed by atoms with Gasteiger partial charge in [0.15, 0.2) is 0 Å². The van der Waals surface area contributed by atoms with E-state index < -0.39 is 0 Å². The van der Waals surface area contributed by atoms with Gasteiger partial charge in [-0.15, -0.1) is 0 Å². The van der Waals surface area contributed by atoms with Crippen molar-refractivity contribution in [2.75, 3.05) is 31.1 Å². The van der Waals surface area contributed by atoms with Gasteiger partial charge in [-0.2, -0.15) is 0 Å². The second-order valence-electron chi connectivity index (χ2n) is 5.94. The molecule has 5 heteroatoms. The van der Waals surface area contributed by atoms with Crippen molar-refractivity contribution in [3.63, 3.8) is 0 Å². The Kier molecular flexibility index (Phi) is 3.09. The van der Waals surface area contributed by atoms with E-state index in [1.54, 1.807) is 6.33 Å². The molecule has 3 heterocycles. The number of rotatable bonds is 3. The van der Waals surface area contributed by atoms with Crippen LogP contribution in [0.15, 0.2) is 12.4 Å². The van der Waals surface area contributed by atoms with Crippen molar-refractivity contribution in [1.82, 2.24) is 15.3 Å². The molecule has 1 aromatic rings. The van der Waals surface area contributed by atoms with Crippen LogP contribution in [0.25, 0.3) is 0 Å². The molecule has 2 atom stereocenters. The van der Waals surface area contributed by atoms with Gasteiger partial charge >= 0.3 is 0 Å². The molecule has 0 saturated carbocycles. The molecule has 0 bridgehead atoms. The third kappa shape index (κ3) is 2.06. The zero-order chi connectivity index (χ0) is 13.5. The molecule has 1 aromatic heterocycles. The molecule has 0 aromatic carbocycles. The van der Waals surface area contributed by atoms with E-state index in [1.165, 1.54) is 0 Å². The molecule has 2 saturated heterocycles. The van der Waals surface area contributed by atoms with Gasteiger partial charge in [0.2, 0.25) is 5.88 Å². The fourth-order valence-corrected chi connectivity index (χ4v) is 3.51. The van der Waals surface area contributed by atoms with E-state index in [2.05, 4.69) is 34.0 Å². The third-order valence-electron chi connectivity index (χ3n) is 4.56. The summed E-state index contributed by atoms with van der Waals surface area (Å²) < 4.78 is 5.48. The highest BCUT2D eigenvalue weighted by molar-refractivity contribution is 5.46. The van der Waals surface area contributed by atoms with Crippen LogP contribution in [0.1, 0.15) is 20.8 Å². The van der Waals surface area contributed by atoms with Crippen LogP contribution in [0.5, 0.6) is 5.88 Å². The molecule has 2 aliphatic heterocycles. The van der Waals surface area contributed by atoms with E-state index >= 15 is 0 Å². The number of aromatic nitrogens is 2. The maximum atomic E-state index is 5.48. The van der Waals surface area contributed by atoms with Gasteiger partial charge in [0.1, 0.15) is 12.1 Å². The molecule has 0 aliphatic carbocycles. The molecule has 2 fully saturated rings. The Labute approximate surface area is 114 Å². The number of nitrogens with one attached hydrogen (secondary N) is 1. The lowest BCUT2D eigenvalue weighted by atomic mass is 9.85. The Bertz CT molecular complexity index is 463. The molecular formula is C14H22N4O. The van der Waals surface area contributed by atoms with E-state index in [1.807, 2.05) is 13.0 Å². The average molecular weight is 262 g/mol. The van der Waals surface area contributed by atoms with Crippen LogP contribution in [0.3, 0.4) is 0 Å². The maximum Gasteiger partial charge on any atom is 0.218 e. The Morgan fingerprint density at radius 3 is 3.00 bits per heavy atom. The topological polar surface area (TPSA) is 50.3 Å². The van der Waals surface area contributed by atoms with Crippen LogP contribution in [-0.2, 0) is 0 Å². The van der Waals surface area contributed by atoms with Crippen LogP contribution in [0, 0.1) is 11.8 Å². The van der Waals surface area contributed by atoms with Gasteiger partial charge in [-0.1, -0.05) is 0 Å². The van der Waals surface area contributed by atoms with E-state index in [0.29, 0.717) is 18.4 Å². The van der Waals surface area contributed by atoms with Crippen LogP contribution in [0.4, 0.5) is 5.82 Å². The monoisotopic (exact) mass is 262 g/mol. The first kappa shape index (κ1) is 12.7. The van der Waals surface area contributed by atoms with E-state index in [4.69, 9.17) is 4.74 Å². The van der Waals surface area contributed by atoms with Gasteiger partial charge in [0.25, 0.3) is 0 Å². The van der Waals surface area contributed by atoms with Crippen molar-refractivity contribution in [3.05, 3.63) is 12.4 Å². The lowest BCUT2D eigenvalue weighted by Gasteiger charge is -2.36. The van der Waals surface area contributed by atoms with Crippen LogP contribution < -0.4 is 15.0 Å². The summed E-state index contributed by atoms with van der Waals surface area (Å²) in [7, 11) is 0. The largest absolute Gasteiger partial charge is 0.478 e. The Hall–Kier alpha value is -1.36. The van der Waals surface area contributed by atoms with Crippen molar-refractivity contribution >= 4 is 5.82 Å². The fourth-order valence-electron chi connectivity index (χ4n) is 3.51. The molecule has 3 rings (SSSR count). The molecule has 19 heavy (non-hydrogen) atoms. The van der Waals surface area contributed by atoms with Crippen LogP contribution in [-0.4, -0.2) is 41.7 Å². The van der Waals surface area contributed by atoms with Crippen molar-refractivity contribution in [2.45, 2.75) is 26.3 Å². The van der Waals surface area contributed by atoms with Gasteiger partial charge in [0.05, 0.1) is 6.61 Å². The van der Waals surface area contributed by atoms with Crippen LogP contribution in [0.2, 0.25) is 0 Å². The lowest BCUT2D eigenvalue weighted by Crippen LogP contribution is -2.45. The molecule has 104 valence electrons. The van der Waals surface area contributed by atoms with Crippen molar-refractivity contribution in [1.29, 1.82) is 0 Å². The summed E-state index contributed by atoms with van der Waals surface area (Å²) in [4.78, 5) is 11.0. The Morgan fingerprint density at radius 2 is 2.26 bits per heavy atom. The molecule has 0 radical (unpaired) electrons. The maximum absolute atomic E-state index is 5.48. The highest BCUT2D eigenvalue weighted by Crippen LogP contribution is 2.42. The summed E-state index contributed by atoms with van der Waals surface area (Å²) >= 11 is 0. The van der Waals surface area contributed by atoms with Gasteiger partial charge < -0.3 is 15.0 Å². The number of anilines is 1. The van der Waals surface area contributed by atoms with Gasteiger partial charge in [-0.05, 0) is 32.6 Å². The summed E-state index contributed by atoms with van der Waals surface area (Å²) in [6.45, 7) is 10.5. The zero-order valence-electron chi connectivity index (χ0n) is 11.9. The predicted octanol–water partition coefficient (Wildman–Crippen LogP) is 1.31. The predicted molar refractivity (Wildman–Crippen MR) is 74.5 cm³/mol. The van der Waals surface area contributed by atoms with Crippen molar-refractivity contribution in [3.8, 4) is 5.88 Å². The highest BCUT2D eigenvalue weighted by Gasteiger charge is 2.50. The normalized spacial score (nSPS) is 28.5. The summed E-state index contributed by atoms with van der Waals surface area (Å²) in [5.74, 6) is 3.06. The summed E-state index contributed by atoms with van der Waals surface area (Å²) in [6.07, 6.45) is 1.60. The molecule has 0 spiro atoms. The van der Waals surface area contributed by atoms with Crippen molar-refractivity contribution in [2.24, 2.45) is 11.8 Å². The van der Waals surface area contributed by atoms with Gasteiger partial charge in [-0.25, -0.2) is 9.97 Å². The minimum Gasteiger partial charge on any atom is -0.478 e. The molecule has 2 unspecified atom stereocenters. The zero-order valence-corrected chi connectivity index (χ0v) is 11.9. The number of hydrogen-bond acceptors (Lipinski definition) is 5. The first-order chi connectivity index (χ1) is 9.13. The average Bonchev–Trinajstić information content (AvgIpc) is 2.93. The Morgan fingerprint density at radius 1 is 1.42 bits per heavy atom. The van der Waals surface area contributed by atoms with Crippen molar-refractivity contribution < 1.29 is 4.74 Å². The second-order valence-corrected chi connectivity index (χ2v) is 5.94. The quantitative estimate of drug-likeness (QED) is 0.890. The van der Waals surface area contributed by atoms with E-state index in [0.717, 1.165) is 31.4 Å². The minimum absolute atomic E-state index is 0.131. The second kappa shape index (κ2) is 4.63. The van der Waals surface area contributed by atoms with E-state index in [-0.39, 0.29) is 5.54 Å². The first-order valence-electron chi connectivity index (χ1n) is 7.06. The Balaban J connectivity index is 1.88. The number of nitrogens with zero attached hydrogens (tertiary/aromatic N) is 3. The fraction of sp³-hybridized carbons (Fsp3) is 0.714. The molecule has 0 amide bonds. The van der Waals surface area contributed by atoms with E-state index in [9.17, 15) is 0 Å². The first-order valence-corrected chi connectivity index (χ1v) is 7.06. The minimum atomic E-state index is 0.131. The molecule has 1 N–H and O–H groups in total. The third-order valence-corrected chi connectivity index (χ3v) is 4.56. The molecular weight excluding hydrogens is 240 g/mol. The summed E-state index contributed by atoms with van der Waals surface area (Å²) in [5, 5.41) is 3.50. The molecule has 2 aliphatic rings. The number of hydrogen-bond donors (Lipinski definition) is 1. The SMILES string of the molecule is CCOc1cc(N2CC3CNCC3C2(C)C)ncn1. The lowest BCUT2D eigenvalue weighted by molar-refractivity contribution is 0.325. The van der Waals surface area contributed by atoms with Gasteiger partial charge in [0, 0.05) is 31.2 Å². The molecule has 5 nitrogen and oxygen atoms in total. The smallest absolute Gasteiger partial charge is 0.218 e. The number of fused-ring (bicyclic) bond motifs is 1. The van der Waals surface area contributed by atoms with Crippen LogP contribution >= 0.6 is 0 Å².